The molecule has 2 amide bonds. The number of benzene rings is 1. The Balaban J connectivity index is 1.27. The summed E-state index contributed by atoms with van der Waals surface area (Å²) in [6.45, 7) is 6.42. The molecule has 8 nitrogen and oxygen atoms in total. The molecular formula is C24H32N3O5+. The molecule has 0 bridgehead atoms. The summed E-state index contributed by atoms with van der Waals surface area (Å²) < 4.78 is 11.8. The molecule has 0 radical (unpaired) electrons. The van der Waals surface area contributed by atoms with Crippen LogP contribution in [0, 0.1) is 5.92 Å². The second-order valence-corrected chi connectivity index (χ2v) is 9.39. The fraction of sp³-hybridized carbons (Fsp3) is 0.625. The molecular weight excluding hydrogens is 410 g/mol. The lowest BCUT2D eigenvalue weighted by atomic mass is 10.0. The number of fused-ring (bicyclic) bond motifs is 1. The van der Waals surface area contributed by atoms with Gasteiger partial charge in [-0.15, -0.1) is 4.99 Å². The quantitative estimate of drug-likeness (QED) is 0.644. The Morgan fingerprint density at radius 1 is 1.25 bits per heavy atom. The molecule has 8 heteroatoms. The molecule has 5 rings (SSSR count). The van der Waals surface area contributed by atoms with Crippen LogP contribution in [0.2, 0.25) is 0 Å². The number of rotatable bonds is 7. The third-order valence-electron chi connectivity index (χ3n) is 7.29. The normalized spacial score (nSPS) is 28.1. The van der Waals surface area contributed by atoms with E-state index in [2.05, 4.69) is 16.8 Å². The van der Waals surface area contributed by atoms with Crippen LogP contribution in [0.3, 0.4) is 0 Å². The molecule has 1 aromatic rings. The molecule has 1 aliphatic carbocycles. The van der Waals surface area contributed by atoms with Crippen molar-refractivity contribution in [2.24, 2.45) is 5.92 Å². The number of aliphatic hydroxyl groups excluding tert-OH is 1. The summed E-state index contributed by atoms with van der Waals surface area (Å²) in [6.07, 6.45) is 4.22. The Labute approximate surface area is 188 Å². The van der Waals surface area contributed by atoms with Crippen LogP contribution in [-0.4, -0.2) is 77.1 Å². The first kappa shape index (κ1) is 21.4. The summed E-state index contributed by atoms with van der Waals surface area (Å²) in [7, 11) is 0. The van der Waals surface area contributed by atoms with Gasteiger partial charge in [0, 0.05) is 30.6 Å². The Kier molecular flexibility index (Phi) is 5.90. The van der Waals surface area contributed by atoms with Gasteiger partial charge in [-0.2, -0.15) is 0 Å². The van der Waals surface area contributed by atoms with Crippen molar-refractivity contribution in [3.63, 3.8) is 0 Å². The van der Waals surface area contributed by atoms with E-state index in [9.17, 15) is 14.7 Å². The second kappa shape index (κ2) is 8.83. The largest absolute Gasteiger partial charge is 0.489 e. The first-order valence-electron chi connectivity index (χ1n) is 11.8. The minimum absolute atomic E-state index is 0.113. The number of hydrogen-bond donors (Lipinski definition) is 2. The van der Waals surface area contributed by atoms with E-state index in [1.54, 1.807) is 4.90 Å². The highest BCUT2D eigenvalue weighted by Gasteiger charge is 2.41. The van der Waals surface area contributed by atoms with Gasteiger partial charge in [0.15, 0.2) is 6.04 Å². The van der Waals surface area contributed by atoms with Gasteiger partial charge in [-0.05, 0) is 56.0 Å². The smallest absolute Gasteiger partial charge is 0.388 e. The lowest BCUT2D eigenvalue weighted by molar-refractivity contribution is -0.394. The number of amides is 2. The molecule has 3 heterocycles. The van der Waals surface area contributed by atoms with Gasteiger partial charge in [0.1, 0.15) is 11.9 Å². The first-order valence-corrected chi connectivity index (χ1v) is 11.8. The molecule has 1 unspecified atom stereocenters. The third-order valence-corrected chi connectivity index (χ3v) is 7.29. The molecule has 3 atom stereocenters. The van der Waals surface area contributed by atoms with Crippen molar-refractivity contribution >= 4 is 17.7 Å². The molecule has 0 spiro atoms. The molecule has 1 aromatic carbocycles. The predicted octanol–water partition coefficient (Wildman–Crippen LogP) is 0.637. The van der Waals surface area contributed by atoms with E-state index in [4.69, 9.17) is 9.47 Å². The van der Waals surface area contributed by atoms with Crippen LogP contribution < -0.4 is 9.73 Å². The highest BCUT2D eigenvalue weighted by molar-refractivity contribution is 6.01. The number of likely N-dealkylation sites (N-methyl/N-ethyl adjacent to an activating group) is 1. The summed E-state index contributed by atoms with van der Waals surface area (Å²) in [5, 5.41) is 10.2. The number of hydrogen-bond acceptors (Lipinski definition) is 5. The third kappa shape index (κ3) is 4.01. The van der Waals surface area contributed by atoms with Gasteiger partial charge in [0.05, 0.1) is 19.6 Å². The lowest BCUT2D eigenvalue weighted by Crippen LogP contribution is -2.82. The number of nitrogens with one attached hydrogen (secondary N) is 1. The summed E-state index contributed by atoms with van der Waals surface area (Å²) in [4.78, 5) is 31.1. The summed E-state index contributed by atoms with van der Waals surface area (Å²) in [6, 6.07) is 5.61. The number of ether oxygens (including phenoxy) is 2. The Hall–Kier alpha value is -2.45. The zero-order valence-electron chi connectivity index (χ0n) is 18.6. The number of carbonyl (C=O) groups is 2. The molecule has 3 aliphatic heterocycles. The molecule has 1 saturated carbocycles. The Morgan fingerprint density at radius 2 is 2.09 bits per heavy atom. The van der Waals surface area contributed by atoms with Crippen LogP contribution in [0.25, 0.3) is 0 Å². The van der Waals surface area contributed by atoms with Gasteiger partial charge >= 0.3 is 11.8 Å². The molecule has 172 valence electrons. The number of carbonyl (C=O) groups excluding carboxylic acids is 2. The molecule has 2 N–H and O–H groups in total. The molecule has 32 heavy (non-hydrogen) atoms. The standard InChI is InChI=1S/C24H31N3O5/c1-2-26(11-15-13-31-14-15)19-4-3-5-21(19)32-17-6-7-18-16(10-17)12-27(24(18)30)20-8-9-22(28)25-23(20)29/h6-7,10,15,19-21H,2-5,8-9,11-14H2,1H3,(H,25,28,29)/p+1/t19-,20?,21+/m0/s1. The average Bonchev–Trinajstić information content (AvgIpc) is 3.32. The van der Waals surface area contributed by atoms with E-state index < -0.39 is 6.04 Å². The minimum Gasteiger partial charge on any atom is -0.489 e. The van der Waals surface area contributed by atoms with Crippen molar-refractivity contribution in [2.45, 2.75) is 63.8 Å². The fourth-order valence-corrected chi connectivity index (χ4v) is 5.50. The van der Waals surface area contributed by atoms with E-state index in [-0.39, 0.29) is 23.8 Å². The summed E-state index contributed by atoms with van der Waals surface area (Å²) in [5.74, 6) is 0.965. The zero-order chi connectivity index (χ0) is 22.2. The molecule has 1 saturated heterocycles. The van der Waals surface area contributed by atoms with Crippen LogP contribution in [0.4, 0.5) is 0 Å². The predicted molar refractivity (Wildman–Crippen MR) is 117 cm³/mol. The van der Waals surface area contributed by atoms with Crippen molar-refractivity contribution in [3.05, 3.63) is 29.3 Å². The van der Waals surface area contributed by atoms with Gasteiger partial charge < -0.3 is 19.5 Å². The summed E-state index contributed by atoms with van der Waals surface area (Å²) >= 11 is 0. The molecule has 2 fully saturated rings. The monoisotopic (exact) mass is 442 g/mol. The highest BCUT2D eigenvalue weighted by atomic mass is 16.5. The molecule has 4 aliphatic rings. The maximum Gasteiger partial charge on any atom is 0.388 e. The number of nitrogens with zero attached hydrogens (tertiary/aromatic N) is 2. The molecule has 0 aromatic heterocycles. The van der Waals surface area contributed by atoms with Crippen LogP contribution in [0.5, 0.6) is 5.75 Å². The Bertz CT molecular complexity index is 928. The van der Waals surface area contributed by atoms with Crippen molar-refractivity contribution in [3.8, 4) is 5.75 Å². The first-order chi connectivity index (χ1) is 15.5. The maximum atomic E-state index is 12.9. The van der Waals surface area contributed by atoms with Crippen LogP contribution in [0.15, 0.2) is 18.2 Å². The summed E-state index contributed by atoms with van der Waals surface area (Å²) in [5.41, 5.74) is 1.55. The van der Waals surface area contributed by atoms with Gasteiger partial charge in [-0.3, -0.25) is 9.69 Å². The van der Waals surface area contributed by atoms with E-state index in [0.717, 1.165) is 56.9 Å². The lowest BCUT2D eigenvalue weighted by Gasteiger charge is -2.37. The SMILES string of the molecule is CCN(CC1COC1)[C@H]1CCC[C@H]1Oc1ccc2c(c1)CN(C1CCC(=O)[NH+]=C1O)C2=O. The van der Waals surface area contributed by atoms with Crippen molar-refractivity contribution in [1.82, 2.24) is 9.80 Å². The average molecular weight is 443 g/mol. The van der Waals surface area contributed by atoms with Gasteiger partial charge in [0.25, 0.3) is 5.91 Å². The fourth-order valence-electron chi connectivity index (χ4n) is 5.50. The van der Waals surface area contributed by atoms with Crippen molar-refractivity contribution in [2.75, 3.05) is 26.3 Å². The topological polar surface area (TPSA) is 93.3 Å². The zero-order valence-corrected chi connectivity index (χ0v) is 18.6. The van der Waals surface area contributed by atoms with E-state index >= 15 is 0 Å². The number of aliphatic hydroxyl groups is 1. The highest BCUT2D eigenvalue weighted by Crippen LogP contribution is 2.33. The van der Waals surface area contributed by atoms with Crippen LogP contribution in [-0.2, 0) is 16.1 Å². The van der Waals surface area contributed by atoms with Crippen molar-refractivity contribution < 1.29 is 29.2 Å². The van der Waals surface area contributed by atoms with E-state index in [1.807, 2.05) is 18.2 Å². The van der Waals surface area contributed by atoms with E-state index in [1.165, 1.54) is 0 Å². The van der Waals surface area contributed by atoms with Gasteiger partial charge in [-0.25, -0.2) is 4.79 Å². The van der Waals surface area contributed by atoms with Crippen molar-refractivity contribution in [1.29, 1.82) is 0 Å². The Morgan fingerprint density at radius 3 is 2.81 bits per heavy atom. The van der Waals surface area contributed by atoms with Crippen LogP contribution >= 0.6 is 0 Å². The van der Waals surface area contributed by atoms with E-state index in [0.29, 0.717) is 36.9 Å². The minimum atomic E-state index is -0.482. The maximum absolute atomic E-state index is 12.9. The van der Waals surface area contributed by atoms with Gasteiger partial charge in [-0.1, -0.05) is 6.92 Å². The second-order valence-electron chi connectivity index (χ2n) is 9.39. The van der Waals surface area contributed by atoms with Crippen LogP contribution in [0.1, 0.15) is 54.9 Å². The van der Waals surface area contributed by atoms with Gasteiger partial charge in [0.2, 0.25) is 0 Å².